The van der Waals surface area contributed by atoms with E-state index in [1.807, 2.05) is 0 Å². The van der Waals surface area contributed by atoms with Crippen molar-refractivity contribution in [3.8, 4) is 5.95 Å². The summed E-state index contributed by atoms with van der Waals surface area (Å²) in [6.07, 6.45) is 6.83. The molecule has 96 valence electrons. The SMILES string of the molecule is CC(C)CNCc1cnc(-n2cc(Cl)cn2)nc1. The Balaban J connectivity index is 1.97. The van der Waals surface area contributed by atoms with E-state index < -0.39 is 0 Å². The molecular formula is C12H16ClN5. The van der Waals surface area contributed by atoms with Crippen LogP contribution in [-0.4, -0.2) is 26.3 Å². The fourth-order valence-corrected chi connectivity index (χ4v) is 1.61. The normalized spacial score (nSPS) is 11.1. The minimum absolute atomic E-state index is 0.523. The van der Waals surface area contributed by atoms with Gasteiger partial charge in [-0.2, -0.15) is 5.10 Å². The van der Waals surface area contributed by atoms with E-state index in [1.54, 1.807) is 29.5 Å². The number of hydrogen-bond acceptors (Lipinski definition) is 4. The Hall–Kier alpha value is -1.46. The van der Waals surface area contributed by atoms with Crippen LogP contribution in [0.15, 0.2) is 24.8 Å². The van der Waals surface area contributed by atoms with Crippen molar-refractivity contribution >= 4 is 11.6 Å². The molecule has 0 spiro atoms. The summed E-state index contributed by atoms with van der Waals surface area (Å²) in [5.41, 5.74) is 1.05. The third kappa shape index (κ3) is 3.51. The number of halogens is 1. The Morgan fingerprint density at radius 3 is 2.56 bits per heavy atom. The van der Waals surface area contributed by atoms with Gasteiger partial charge in [-0.1, -0.05) is 25.4 Å². The molecule has 0 saturated carbocycles. The first-order chi connectivity index (χ1) is 8.65. The van der Waals surface area contributed by atoms with E-state index in [-0.39, 0.29) is 0 Å². The lowest BCUT2D eigenvalue weighted by Gasteiger charge is -2.07. The van der Waals surface area contributed by atoms with Gasteiger partial charge in [-0.3, -0.25) is 0 Å². The molecule has 0 aromatic carbocycles. The van der Waals surface area contributed by atoms with Gasteiger partial charge in [0.15, 0.2) is 0 Å². The standard InChI is InChI=1S/C12H16ClN5/c1-9(2)3-14-4-10-5-15-12(16-6-10)18-8-11(13)7-17-18/h5-9,14H,3-4H2,1-2H3. The zero-order chi connectivity index (χ0) is 13.0. The van der Waals surface area contributed by atoms with Gasteiger partial charge >= 0.3 is 0 Å². The van der Waals surface area contributed by atoms with Crippen LogP contribution in [0.25, 0.3) is 5.95 Å². The van der Waals surface area contributed by atoms with E-state index in [9.17, 15) is 0 Å². The minimum atomic E-state index is 0.523. The summed E-state index contributed by atoms with van der Waals surface area (Å²) in [7, 11) is 0. The van der Waals surface area contributed by atoms with Crippen molar-refractivity contribution in [3.05, 3.63) is 35.4 Å². The Labute approximate surface area is 111 Å². The highest BCUT2D eigenvalue weighted by molar-refractivity contribution is 6.30. The molecular weight excluding hydrogens is 250 g/mol. The van der Waals surface area contributed by atoms with Crippen LogP contribution < -0.4 is 5.32 Å². The van der Waals surface area contributed by atoms with E-state index >= 15 is 0 Å². The molecule has 0 amide bonds. The van der Waals surface area contributed by atoms with Crippen LogP contribution in [0, 0.1) is 5.92 Å². The number of nitrogens with zero attached hydrogens (tertiary/aromatic N) is 4. The molecule has 0 radical (unpaired) electrons. The van der Waals surface area contributed by atoms with Crippen molar-refractivity contribution in [1.29, 1.82) is 0 Å². The third-order valence-electron chi connectivity index (χ3n) is 2.33. The van der Waals surface area contributed by atoms with E-state index in [2.05, 4.69) is 34.2 Å². The minimum Gasteiger partial charge on any atom is -0.312 e. The second-order valence-corrected chi connectivity index (χ2v) is 4.96. The van der Waals surface area contributed by atoms with Gasteiger partial charge in [0.2, 0.25) is 5.95 Å². The largest absolute Gasteiger partial charge is 0.312 e. The number of nitrogens with one attached hydrogen (secondary N) is 1. The Morgan fingerprint density at radius 1 is 1.28 bits per heavy atom. The zero-order valence-corrected chi connectivity index (χ0v) is 11.2. The van der Waals surface area contributed by atoms with Crippen LogP contribution in [0.3, 0.4) is 0 Å². The second kappa shape index (κ2) is 5.93. The summed E-state index contributed by atoms with van der Waals surface area (Å²) in [6, 6.07) is 0. The first-order valence-electron chi connectivity index (χ1n) is 5.87. The number of rotatable bonds is 5. The third-order valence-corrected chi connectivity index (χ3v) is 2.52. The average Bonchev–Trinajstić information content (AvgIpc) is 2.76. The fourth-order valence-electron chi connectivity index (χ4n) is 1.47. The van der Waals surface area contributed by atoms with Gasteiger partial charge in [0, 0.05) is 24.5 Å². The summed E-state index contributed by atoms with van der Waals surface area (Å²) in [5.74, 6) is 1.16. The smallest absolute Gasteiger partial charge is 0.250 e. The number of hydrogen-bond donors (Lipinski definition) is 1. The lowest BCUT2D eigenvalue weighted by Crippen LogP contribution is -2.19. The molecule has 0 atom stereocenters. The molecule has 6 heteroatoms. The van der Waals surface area contributed by atoms with E-state index in [0.29, 0.717) is 16.9 Å². The van der Waals surface area contributed by atoms with Crippen LogP contribution in [0.2, 0.25) is 5.02 Å². The van der Waals surface area contributed by atoms with E-state index in [0.717, 1.165) is 18.7 Å². The number of aromatic nitrogens is 4. The molecule has 0 unspecified atom stereocenters. The lowest BCUT2D eigenvalue weighted by atomic mass is 10.2. The van der Waals surface area contributed by atoms with Crippen molar-refractivity contribution in [3.63, 3.8) is 0 Å². The van der Waals surface area contributed by atoms with Gasteiger partial charge in [0.25, 0.3) is 0 Å². The van der Waals surface area contributed by atoms with Gasteiger partial charge in [0.05, 0.1) is 17.4 Å². The van der Waals surface area contributed by atoms with Crippen molar-refractivity contribution in [2.75, 3.05) is 6.54 Å². The fraction of sp³-hybridized carbons (Fsp3) is 0.417. The first-order valence-corrected chi connectivity index (χ1v) is 6.25. The Morgan fingerprint density at radius 2 is 2.00 bits per heavy atom. The quantitative estimate of drug-likeness (QED) is 0.899. The zero-order valence-electron chi connectivity index (χ0n) is 10.5. The maximum atomic E-state index is 5.79. The molecule has 2 rings (SSSR count). The van der Waals surface area contributed by atoms with Gasteiger partial charge in [-0.05, 0) is 12.5 Å². The van der Waals surface area contributed by atoms with Crippen LogP contribution in [-0.2, 0) is 6.54 Å². The summed E-state index contributed by atoms with van der Waals surface area (Å²) >= 11 is 5.79. The Kier molecular flexibility index (Phi) is 4.28. The van der Waals surface area contributed by atoms with Gasteiger partial charge in [0.1, 0.15) is 0 Å². The monoisotopic (exact) mass is 265 g/mol. The van der Waals surface area contributed by atoms with Crippen molar-refractivity contribution in [1.82, 2.24) is 25.1 Å². The molecule has 18 heavy (non-hydrogen) atoms. The molecule has 2 aromatic rings. The molecule has 0 aliphatic rings. The summed E-state index contributed by atoms with van der Waals surface area (Å²) in [5, 5.41) is 7.96. The molecule has 2 aromatic heterocycles. The second-order valence-electron chi connectivity index (χ2n) is 4.52. The van der Waals surface area contributed by atoms with Crippen LogP contribution in [0.4, 0.5) is 0 Å². The summed E-state index contributed by atoms with van der Waals surface area (Å²) in [4.78, 5) is 8.50. The first kappa shape index (κ1) is 13.0. The maximum Gasteiger partial charge on any atom is 0.250 e. The summed E-state index contributed by atoms with van der Waals surface area (Å²) in [6.45, 7) is 6.11. The van der Waals surface area contributed by atoms with Crippen molar-refractivity contribution < 1.29 is 0 Å². The van der Waals surface area contributed by atoms with Crippen LogP contribution in [0.1, 0.15) is 19.4 Å². The molecule has 0 fully saturated rings. The van der Waals surface area contributed by atoms with Gasteiger partial charge in [-0.25, -0.2) is 14.6 Å². The maximum absolute atomic E-state index is 5.79. The van der Waals surface area contributed by atoms with Crippen LogP contribution in [0.5, 0.6) is 0 Å². The van der Waals surface area contributed by atoms with Gasteiger partial charge in [-0.15, -0.1) is 0 Å². The topological polar surface area (TPSA) is 55.6 Å². The molecule has 0 saturated heterocycles. The molecule has 0 bridgehead atoms. The van der Waals surface area contributed by atoms with E-state index in [1.165, 1.54) is 0 Å². The van der Waals surface area contributed by atoms with Crippen molar-refractivity contribution in [2.24, 2.45) is 5.92 Å². The lowest BCUT2D eigenvalue weighted by molar-refractivity contribution is 0.551. The average molecular weight is 266 g/mol. The molecule has 0 aliphatic heterocycles. The molecule has 0 aliphatic carbocycles. The molecule has 5 nitrogen and oxygen atoms in total. The highest BCUT2D eigenvalue weighted by Crippen LogP contribution is 2.08. The summed E-state index contributed by atoms with van der Waals surface area (Å²) < 4.78 is 1.55. The highest BCUT2D eigenvalue weighted by Gasteiger charge is 2.02. The van der Waals surface area contributed by atoms with Crippen molar-refractivity contribution in [2.45, 2.75) is 20.4 Å². The van der Waals surface area contributed by atoms with Gasteiger partial charge < -0.3 is 5.32 Å². The highest BCUT2D eigenvalue weighted by atomic mass is 35.5. The molecule has 1 N–H and O–H groups in total. The predicted octanol–water partition coefficient (Wildman–Crippen LogP) is 2.06. The van der Waals surface area contributed by atoms with Crippen LogP contribution >= 0.6 is 11.6 Å². The molecule has 2 heterocycles. The predicted molar refractivity (Wildman–Crippen MR) is 70.7 cm³/mol. The van der Waals surface area contributed by atoms with E-state index in [4.69, 9.17) is 11.6 Å². The Bertz CT molecular complexity index is 491.